The van der Waals surface area contributed by atoms with Crippen LogP contribution in [0.5, 0.6) is 5.75 Å². The van der Waals surface area contributed by atoms with Crippen LogP contribution in [0.2, 0.25) is 0 Å². The molecule has 4 aromatic rings. The number of halogens is 1. The minimum absolute atomic E-state index is 0.0998. The van der Waals surface area contributed by atoms with Crippen molar-refractivity contribution in [2.75, 3.05) is 36.5 Å². The zero-order valence-electron chi connectivity index (χ0n) is 19.4. The van der Waals surface area contributed by atoms with Crippen molar-refractivity contribution in [2.45, 2.75) is 6.54 Å². The third-order valence-electron chi connectivity index (χ3n) is 5.57. The number of morpholine rings is 1. The van der Waals surface area contributed by atoms with Crippen LogP contribution in [0.4, 0.5) is 27.5 Å². The van der Waals surface area contributed by atoms with Crippen molar-refractivity contribution in [3.8, 4) is 16.9 Å². The molecular weight excluding hydrogens is 461 g/mol. The van der Waals surface area contributed by atoms with Crippen molar-refractivity contribution < 1.29 is 14.2 Å². The molecule has 0 radical (unpaired) electrons. The fourth-order valence-electron chi connectivity index (χ4n) is 3.79. The van der Waals surface area contributed by atoms with Crippen LogP contribution < -0.4 is 10.2 Å². The lowest BCUT2D eigenvalue weighted by molar-refractivity contribution is 0.122. The molecule has 1 saturated heterocycles. The number of anilines is 3. The van der Waals surface area contributed by atoms with E-state index in [1.807, 2.05) is 53.4 Å². The Morgan fingerprint density at radius 2 is 1.75 bits per heavy atom. The number of azo groups is 1. The van der Waals surface area contributed by atoms with Gasteiger partial charge in [-0.3, -0.25) is 4.98 Å². The zero-order valence-corrected chi connectivity index (χ0v) is 19.4. The fraction of sp³-hybridized carbons (Fsp3) is 0.192. The Morgan fingerprint density at radius 1 is 0.944 bits per heavy atom. The molecule has 0 bridgehead atoms. The van der Waals surface area contributed by atoms with Crippen molar-refractivity contribution >= 4 is 23.1 Å². The minimum Gasteiger partial charge on any atom is -0.508 e. The Labute approximate surface area is 207 Å². The summed E-state index contributed by atoms with van der Waals surface area (Å²) in [7, 11) is 0. The number of aromatic hydroxyl groups is 1. The first-order valence-corrected chi connectivity index (χ1v) is 11.5. The molecule has 36 heavy (non-hydrogen) atoms. The van der Waals surface area contributed by atoms with E-state index in [1.54, 1.807) is 18.3 Å². The van der Waals surface area contributed by atoms with Crippen molar-refractivity contribution in [1.29, 1.82) is 0 Å². The predicted octanol–water partition coefficient (Wildman–Crippen LogP) is 5.25. The van der Waals surface area contributed by atoms with Crippen molar-refractivity contribution in [3.63, 3.8) is 0 Å². The lowest BCUT2D eigenvalue weighted by atomic mass is 10.0. The van der Waals surface area contributed by atoms with Gasteiger partial charge in [-0.2, -0.15) is 10.1 Å². The first-order chi connectivity index (χ1) is 17.6. The number of hydrogen-bond acceptors (Lipinski definition) is 9. The highest BCUT2D eigenvalue weighted by molar-refractivity contribution is 5.71. The molecular formula is C26H24FN7O2. The molecule has 9 nitrogen and oxygen atoms in total. The number of benzene rings is 2. The Morgan fingerprint density at radius 3 is 2.53 bits per heavy atom. The first-order valence-electron chi connectivity index (χ1n) is 11.5. The first kappa shape index (κ1) is 23.3. The molecule has 1 aliphatic heterocycles. The number of rotatable bonds is 7. The van der Waals surface area contributed by atoms with Gasteiger partial charge in [0.1, 0.15) is 12.3 Å². The number of hydrogen-bond donors (Lipinski definition) is 2. The lowest BCUT2D eigenvalue weighted by Gasteiger charge is -2.27. The summed E-state index contributed by atoms with van der Waals surface area (Å²) in [4.78, 5) is 14.4. The summed E-state index contributed by atoms with van der Waals surface area (Å²) < 4.78 is 19.5. The maximum atomic E-state index is 14.2. The van der Waals surface area contributed by atoms with Gasteiger partial charge in [0.25, 0.3) is 5.95 Å². The highest BCUT2D eigenvalue weighted by Crippen LogP contribution is 2.27. The summed E-state index contributed by atoms with van der Waals surface area (Å²) in [6, 6.07) is 18.8. The average Bonchev–Trinajstić information content (AvgIpc) is 2.91. The molecule has 2 aromatic heterocycles. The highest BCUT2D eigenvalue weighted by atomic mass is 19.1. The van der Waals surface area contributed by atoms with E-state index in [-0.39, 0.29) is 24.1 Å². The molecule has 10 heteroatoms. The second-order valence-corrected chi connectivity index (χ2v) is 8.13. The summed E-state index contributed by atoms with van der Waals surface area (Å²) in [5, 5.41) is 21.2. The van der Waals surface area contributed by atoms with Crippen LogP contribution >= 0.6 is 0 Å². The van der Waals surface area contributed by atoms with Crippen LogP contribution in [-0.4, -0.2) is 46.4 Å². The Hall–Kier alpha value is -4.44. The smallest absolute Gasteiger partial charge is 0.270 e. The van der Waals surface area contributed by atoms with Crippen LogP contribution in [0.25, 0.3) is 11.1 Å². The number of phenolic OH excluding ortho intramolecular Hbond substituents is 1. The van der Waals surface area contributed by atoms with Gasteiger partial charge < -0.3 is 20.1 Å². The summed E-state index contributed by atoms with van der Waals surface area (Å²) in [6.07, 6.45) is 2.83. The van der Waals surface area contributed by atoms with Crippen molar-refractivity contribution in [2.24, 2.45) is 10.2 Å². The van der Waals surface area contributed by atoms with E-state index in [2.05, 4.69) is 30.5 Å². The van der Waals surface area contributed by atoms with E-state index in [9.17, 15) is 9.50 Å². The van der Waals surface area contributed by atoms with Gasteiger partial charge in [0.2, 0.25) is 0 Å². The van der Waals surface area contributed by atoms with Crippen molar-refractivity contribution in [1.82, 2.24) is 15.0 Å². The summed E-state index contributed by atoms with van der Waals surface area (Å²) >= 11 is 0. The van der Waals surface area contributed by atoms with E-state index < -0.39 is 5.82 Å². The maximum Gasteiger partial charge on any atom is 0.270 e. The van der Waals surface area contributed by atoms with Gasteiger partial charge in [-0.05, 0) is 47.5 Å². The zero-order chi connectivity index (χ0) is 24.7. The largest absolute Gasteiger partial charge is 0.508 e. The van der Waals surface area contributed by atoms with Crippen LogP contribution in [0.1, 0.15) is 5.69 Å². The molecule has 0 amide bonds. The number of nitrogens with zero attached hydrogens (tertiary/aromatic N) is 6. The van der Waals surface area contributed by atoms with Gasteiger partial charge in [0.15, 0.2) is 11.6 Å². The summed E-state index contributed by atoms with van der Waals surface area (Å²) in [5.41, 5.74) is 4.35. The molecule has 1 aliphatic rings. The Balaban J connectivity index is 1.21. The third kappa shape index (κ3) is 5.78. The predicted molar refractivity (Wildman–Crippen MR) is 134 cm³/mol. The van der Waals surface area contributed by atoms with E-state index in [1.165, 1.54) is 0 Å². The number of aromatic nitrogens is 3. The quantitative estimate of drug-likeness (QED) is 0.344. The number of phenols is 1. The molecule has 0 atom stereocenters. The molecule has 0 saturated carbocycles. The van der Waals surface area contributed by atoms with Gasteiger partial charge >= 0.3 is 0 Å². The van der Waals surface area contributed by atoms with Crippen LogP contribution in [-0.2, 0) is 11.3 Å². The molecule has 182 valence electrons. The molecule has 0 aliphatic carbocycles. The average molecular weight is 486 g/mol. The standard InChI is InChI=1S/C26H24FN7O2/c27-24-17-29-26(32-25(24)34-9-11-36-12-10-34)33-30-16-21-7-8-22(15-28-21)31-20-5-1-3-18(13-20)19-4-2-6-23(35)14-19/h1-8,13-15,17,31,35H,9-12,16H2. The molecule has 1 fully saturated rings. The Kier molecular flexibility index (Phi) is 7.04. The van der Waals surface area contributed by atoms with Crippen LogP contribution in [0, 0.1) is 5.82 Å². The topological polar surface area (TPSA) is 108 Å². The van der Waals surface area contributed by atoms with Crippen molar-refractivity contribution in [3.05, 3.63) is 84.6 Å². The van der Waals surface area contributed by atoms with Gasteiger partial charge in [-0.25, -0.2) is 9.37 Å². The minimum atomic E-state index is -0.493. The molecule has 0 unspecified atom stereocenters. The second-order valence-electron chi connectivity index (χ2n) is 8.13. The number of nitrogens with one attached hydrogen (secondary N) is 1. The van der Waals surface area contributed by atoms with E-state index in [0.717, 1.165) is 28.7 Å². The second kappa shape index (κ2) is 10.9. The fourth-order valence-corrected chi connectivity index (χ4v) is 3.79. The Bertz CT molecular complexity index is 1360. The number of ether oxygens (including phenoxy) is 1. The van der Waals surface area contributed by atoms with Gasteiger partial charge in [-0.1, -0.05) is 24.3 Å². The van der Waals surface area contributed by atoms with Crippen LogP contribution in [0.3, 0.4) is 0 Å². The molecule has 3 heterocycles. The molecule has 2 N–H and O–H groups in total. The molecule has 2 aromatic carbocycles. The van der Waals surface area contributed by atoms with Gasteiger partial charge in [0, 0.05) is 18.8 Å². The molecule has 0 spiro atoms. The van der Waals surface area contributed by atoms with Crippen LogP contribution in [0.15, 0.2) is 83.3 Å². The molecule has 5 rings (SSSR count). The lowest BCUT2D eigenvalue weighted by Crippen LogP contribution is -2.37. The summed E-state index contributed by atoms with van der Waals surface area (Å²) in [6.45, 7) is 2.42. The van der Waals surface area contributed by atoms with E-state index in [4.69, 9.17) is 4.74 Å². The number of pyridine rings is 1. The SMILES string of the molecule is Oc1cccc(-c2cccc(Nc3ccc(CN=Nc4ncc(F)c(N5CCOCC5)n4)nc3)c2)c1. The summed E-state index contributed by atoms with van der Waals surface area (Å²) in [5.74, 6) is 0.0473. The third-order valence-corrected chi connectivity index (χ3v) is 5.57. The van der Waals surface area contributed by atoms with E-state index >= 15 is 0 Å². The van der Waals surface area contributed by atoms with Gasteiger partial charge in [-0.15, -0.1) is 5.11 Å². The highest BCUT2D eigenvalue weighted by Gasteiger charge is 2.17. The maximum absolute atomic E-state index is 14.2. The van der Waals surface area contributed by atoms with E-state index in [0.29, 0.717) is 32.0 Å². The normalized spacial score (nSPS) is 13.8. The van der Waals surface area contributed by atoms with Gasteiger partial charge in [0.05, 0.1) is 37.0 Å². The monoisotopic (exact) mass is 485 g/mol.